The van der Waals surface area contributed by atoms with Gasteiger partial charge in [-0.15, -0.1) is 0 Å². The Morgan fingerprint density at radius 2 is 2.21 bits per heavy atom. The van der Waals surface area contributed by atoms with Gasteiger partial charge in [0.2, 0.25) is 0 Å². The van der Waals surface area contributed by atoms with Gasteiger partial charge in [-0.25, -0.2) is 0 Å². The van der Waals surface area contributed by atoms with E-state index in [1.165, 1.54) is 44.3 Å². The summed E-state index contributed by atoms with van der Waals surface area (Å²) >= 11 is 0. The van der Waals surface area contributed by atoms with Gasteiger partial charge in [0, 0.05) is 18.6 Å². The fraction of sp³-hybridized carbons (Fsp3) is 0.688. The molecular weight excluding hydrogens is 234 g/mol. The van der Waals surface area contributed by atoms with Gasteiger partial charge in [0.05, 0.1) is 17.6 Å². The van der Waals surface area contributed by atoms with Gasteiger partial charge < -0.3 is 10.6 Å². The van der Waals surface area contributed by atoms with E-state index >= 15 is 0 Å². The van der Waals surface area contributed by atoms with Gasteiger partial charge in [0.15, 0.2) is 0 Å². The molecule has 0 spiro atoms. The van der Waals surface area contributed by atoms with Crippen LogP contribution < -0.4 is 10.6 Å². The van der Waals surface area contributed by atoms with Gasteiger partial charge in [-0.1, -0.05) is 20.3 Å². The van der Waals surface area contributed by atoms with Crippen molar-refractivity contribution in [1.82, 2.24) is 4.98 Å². The van der Waals surface area contributed by atoms with E-state index < -0.39 is 0 Å². The van der Waals surface area contributed by atoms with Crippen LogP contribution in [0.3, 0.4) is 0 Å². The third-order valence-corrected chi connectivity index (χ3v) is 4.17. The maximum Gasteiger partial charge on any atom is 0.0572 e. The van der Waals surface area contributed by atoms with E-state index in [0.717, 1.165) is 12.1 Å². The van der Waals surface area contributed by atoms with Gasteiger partial charge in [0.1, 0.15) is 0 Å². The summed E-state index contributed by atoms with van der Waals surface area (Å²) in [7, 11) is 0. The van der Waals surface area contributed by atoms with E-state index in [0.29, 0.717) is 6.04 Å². The molecule has 2 N–H and O–H groups in total. The highest BCUT2D eigenvalue weighted by Gasteiger charge is 2.22. The molecule has 3 heteroatoms. The molecule has 0 radical (unpaired) electrons. The van der Waals surface area contributed by atoms with Crippen LogP contribution in [0.15, 0.2) is 18.3 Å². The molecule has 1 saturated heterocycles. The third kappa shape index (κ3) is 3.47. The molecule has 1 aromatic rings. The third-order valence-electron chi connectivity index (χ3n) is 4.17. The molecule has 2 atom stereocenters. The average molecular weight is 261 g/mol. The molecule has 2 heterocycles. The second-order valence-corrected chi connectivity index (χ2v) is 5.59. The molecule has 0 aromatic carbocycles. The maximum absolute atomic E-state index is 6.02. The number of hydrogen-bond acceptors (Lipinski definition) is 3. The van der Waals surface area contributed by atoms with Crippen molar-refractivity contribution in [3.63, 3.8) is 0 Å². The van der Waals surface area contributed by atoms with Crippen molar-refractivity contribution >= 4 is 5.69 Å². The standard InChI is InChI=1S/C16H27N3/c1-3-7-13-8-5-6-11-19(13)14-9-10-16(18-12-14)15(17)4-2/h9-10,12-13,15H,3-8,11,17H2,1-2H3. The van der Waals surface area contributed by atoms with Crippen LogP contribution in [-0.4, -0.2) is 17.6 Å². The fourth-order valence-electron chi connectivity index (χ4n) is 2.97. The highest BCUT2D eigenvalue weighted by Crippen LogP contribution is 2.27. The van der Waals surface area contributed by atoms with E-state index in [1.54, 1.807) is 0 Å². The van der Waals surface area contributed by atoms with Gasteiger partial charge in [-0.3, -0.25) is 4.98 Å². The van der Waals surface area contributed by atoms with E-state index in [2.05, 4.69) is 35.9 Å². The van der Waals surface area contributed by atoms with E-state index in [-0.39, 0.29) is 6.04 Å². The molecule has 19 heavy (non-hydrogen) atoms. The summed E-state index contributed by atoms with van der Waals surface area (Å²) in [4.78, 5) is 7.10. The number of nitrogens with zero attached hydrogens (tertiary/aromatic N) is 2. The maximum atomic E-state index is 6.02. The number of aromatic nitrogens is 1. The van der Waals surface area contributed by atoms with E-state index in [1.807, 2.05) is 6.20 Å². The number of nitrogens with two attached hydrogens (primary N) is 1. The lowest BCUT2D eigenvalue weighted by atomic mass is 9.97. The predicted octanol–water partition coefficient (Wildman–Crippen LogP) is 3.65. The zero-order valence-electron chi connectivity index (χ0n) is 12.3. The zero-order valence-corrected chi connectivity index (χ0v) is 12.3. The van der Waals surface area contributed by atoms with E-state index in [4.69, 9.17) is 5.73 Å². The second kappa shape index (κ2) is 6.90. The summed E-state index contributed by atoms with van der Waals surface area (Å²) in [6.07, 6.45) is 9.49. The fourth-order valence-corrected chi connectivity index (χ4v) is 2.97. The lowest BCUT2D eigenvalue weighted by molar-refractivity contribution is 0.434. The van der Waals surface area contributed by atoms with Crippen LogP contribution in [0.1, 0.15) is 64.1 Å². The van der Waals surface area contributed by atoms with Crippen LogP contribution >= 0.6 is 0 Å². The normalized spacial score (nSPS) is 21.4. The van der Waals surface area contributed by atoms with Crippen LogP contribution in [0.2, 0.25) is 0 Å². The summed E-state index contributed by atoms with van der Waals surface area (Å²) in [5, 5.41) is 0. The topological polar surface area (TPSA) is 42.1 Å². The number of rotatable bonds is 5. The Kier molecular flexibility index (Phi) is 5.20. The highest BCUT2D eigenvalue weighted by molar-refractivity contribution is 5.46. The molecule has 2 unspecified atom stereocenters. The minimum absolute atomic E-state index is 0.0712. The Morgan fingerprint density at radius 1 is 1.37 bits per heavy atom. The molecular formula is C16H27N3. The summed E-state index contributed by atoms with van der Waals surface area (Å²) in [6, 6.07) is 5.07. The Hall–Kier alpha value is -1.09. The predicted molar refractivity (Wildman–Crippen MR) is 81.3 cm³/mol. The van der Waals surface area contributed by atoms with Crippen molar-refractivity contribution in [2.45, 2.75) is 64.5 Å². The SMILES string of the molecule is CCCC1CCCCN1c1ccc(C(N)CC)nc1. The summed E-state index contributed by atoms with van der Waals surface area (Å²) in [6.45, 7) is 5.54. The van der Waals surface area contributed by atoms with Gasteiger partial charge in [0.25, 0.3) is 0 Å². The smallest absolute Gasteiger partial charge is 0.0572 e. The van der Waals surface area contributed by atoms with Gasteiger partial charge in [-0.2, -0.15) is 0 Å². The lowest BCUT2D eigenvalue weighted by Crippen LogP contribution is -2.39. The summed E-state index contributed by atoms with van der Waals surface area (Å²) < 4.78 is 0. The molecule has 1 aromatic heterocycles. The van der Waals surface area contributed by atoms with Gasteiger partial charge >= 0.3 is 0 Å². The first-order chi connectivity index (χ1) is 9.26. The minimum Gasteiger partial charge on any atom is -0.367 e. The second-order valence-electron chi connectivity index (χ2n) is 5.59. The Bertz CT molecular complexity index is 372. The zero-order chi connectivity index (χ0) is 13.7. The number of pyridine rings is 1. The quantitative estimate of drug-likeness (QED) is 0.879. The van der Waals surface area contributed by atoms with Crippen molar-refractivity contribution in [3.05, 3.63) is 24.0 Å². The van der Waals surface area contributed by atoms with Crippen LogP contribution in [0.4, 0.5) is 5.69 Å². The highest BCUT2D eigenvalue weighted by atomic mass is 15.2. The molecule has 1 aliphatic rings. The van der Waals surface area contributed by atoms with Crippen molar-refractivity contribution in [2.24, 2.45) is 5.73 Å². The van der Waals surface area contributed by atoms with Gasteiger partial charge in [-0.05, 0) is 44.2 Å². The van der Waals surface area contributed by atoms with Crippen LogP contribution in [-0.2, 0) is 0 Å². The van der Waals surface area contributed by atoms with Crippen LogP contribution in [0.5, 0.6) is 0 Å². The molecule has 2 rings (SSSR count). The van der Waals surface area contributed by atoms with E-state index in [9.17, 15) is 0 Å². The van der Waals surface area contributed by atoms with Crippen LogP contribution in [0, 0.1) is 0 Å². The Morgan fingerprint density at radius 3 is 2.84 bits per heavy atom. The van der Waals surface area contributed by atoms with Crippen molar-refractivity contribution in [2.75, 3.05) is 11.4 Å². The number of piperidine rings is 1. The molecule has 0 amide bonds. The average Bonchev–Trinajstić information content (AvgIpc) is 2.47. The molecule has 106 valence electrons. The van der Waals surface area contributed by atoms with Crippen molar-refractivity contribution < 1.29 is 0 Å². The first kappa shape index (κ1) is 14.3. The van der Waals surface area contributed by atoms with Crippen molar-refractivity contribution in [3.8, 4) is 0 Å². The molecule has 0 bridgehead atoms. The molecule has 3 nitrogen and oxygen atoms in total. The number of hydrogen-bond donors (Lipinski definition) is 1. The summed E-state index contributed by atoms with van der Waals surface area (Å²) in [5.74, 6) is 0. The van der Waals surface area contributed by atoms with Crippen LogP contribution in [0.25, 0.3) is 0 Å². The van der Waals surface area contributed by atoms with Crippen molar-refractivity contribution in [1.29, 1.82) is 0 Å². The Balaban J connectivity index is 2.11. The monoisotopic (exact) mass is 261 g/mol. The molecule has 0 aliphatic carbocycles. The Labute approximate surface area is 117 Å². The minimum atomic E-state index is 0.0712. The number of anilines is 1. The lowest BCUT2D eigenvalue weighted by Gasteiger charge is -2.37. The molecule has 1 aliphatic heterocycles. The summed E-state index contributed by atoms with van der Waals surface area (Å²) in [5.41, 5.74) is 8.30. The first-order valence-corrected chi connectivity index (χ1v) is 7.74. The molecule has 0 saturated carbocycles. The first-order valence-electron chi connectivity index (χ1n) is 7.74. The molecule has 1 fully saturated rings. The largest absolute Gasteiger partial charge is 0.367 e.